The van der Waals surface area contributed by atoms with Crippen LogP contribution in [0.2, 0.25) is 0 Å². The van der Waals surface area contributed by atoms with E-state index in [1.807, 2.05) is 27.7 Å². The summed E-state index contributed by atoms with van der Waals surface area (Å²) in [5, 5.41) is 0. The maximum Gasteiger partial charge on any atom is 0.417 e. The lowest BCUT2D eigenvalue weighted by molar-refractivity contribution is -0.125. The van der Waals surface area contributed by atoms with E-state index in [-0.39, 0.29) is 29.9 Å². The minimum Gasteiger partial charge on any atom is -0.447 e. The first-order valence-corrected chi connectivity index (χ1v) is 6.87. The molecule has 0 aliphatic carbocycles. The number of nitrogens with zero attached hydrogens (tertiary/aromatic N) is 1. The molecule has 2 amide bonds. The number of imide groups is 1. The van der Waals surface area contributed by atoms with E-state index in [0.29, 0.717) is 12.8 Å². The summed E-state index contributed by atoms with van der Waals surface area (Å²) < 4.78 is 4.98. The van der Waals surface area contributed by atoms with E-state index in [2.05, 4.69) is 0 Å². The van der Waals surface area contributed by atoms with Crippen molar-refractivity contribution in [1.82, 2.24) is 4.90 Å². The average Bonchev–Trinajstić information content (AvgIpc) is 2.71. The topological polar surface area (TPSA) is 63.7 Å². The molecule has 0 saturated carbocycles. The van der Waals surface area contributed by atoms with E-state index < -0.39 is 6.09 Å². The number of allylic oxidation sites excluding steroid dienone is 1. The summed E-state index contributed by atoms with van der Waals surface area (Å²) in [6, 6.07) is -0.250. The van der Waals surface area contributed by atoms with Gasteiger partial charge in [-0.25, -0.2) is 9.69 Å². The van der Waals surface area contributed by atoms with Crippen molar-refractivity contribution in [2.24, 2.45) is 11.3 Å². The molecule has 0 aromatic heterocycles. The fraction of sp³-hybridized carbons (Fsp3) is 0.667. The van der Waals surface area contributed by atoms with Gasteiger partial charge in [0.15, 0.2) is 0 Å². The van der Waals surface area contributed by atoms with Crippen molar-refractivity contribution < 1.29 is 19.1 Å². The number of aldehydes is 1. The number of hydrogen-bond donors (Lipinski definition) is 0. The SMILES string of the molecule is C[C@H](CC=O)C/C=C/C(=O)N1C(=O)OC[C@@H]1C(C)(C)C. The number of amides is 2. The van der Waals surface area contributed by atoms with E-state index in [0.717, 1.165) is 6.29 Å². The van der Waals surface area contributed by atoms with Crippen LogP contribution in [0.1, 0.15) is 40.5 Å². The first kappa shape index (κ1) is 16.4. The Morgan fingerprint density at radius 1 is 1.45 bits per heavy atom. The zero-order chi connectivity index (χ0) is 15.3. The zero-order valence-corrected chi connectivity index (χ0v) is 12.6. The Kier molecular flexibility index (Phi) is 5.48. The van der Waals surface area contributed by atoms with Crippen LogP contribution in [-0.4, -0.2) is 35.8 Å². The Morgan fingerprint density at radius 3 is 2.65 bits per heavy atom. The van der Waals surface area contributed by atoms with Crippen LogP contribution in [-0.2, 0) is 14.3 Å². The molecule has 2 atom stereocenters. The maximum atomic E-state index is 12.1. The van der Waals surface area contributed by atoms with Gasteiger partial charge in [0.1, 0.15) is 12.9 Å². The molecule has 112 valence electrons. The first-order chi connectivity index (χ1) is 9.27. The predicted octanol–water partition coefficient (Wildman–Crippen LogP) is 2.55. The molecule has 1 fully saturated rings. The number of hydrogen-bond acceptors (Lipinski definition) is 4. The molecule has 5 nitrogen and oxygen atoms in total. The molecule has 5 heteroatoms. The second-order valence-corrected chi connectivity index (χ2v) is 6.31. The number of cyclic esters (lactones) is 1. The standard InChI is InChI=1S/C15H23NO4/c1-11(8-9-17)6-5-7-13(18)16-12(15(2,3)4)10-20-14(16)19/h5,7,9,11-12H,6,8,10H2,1-4H3/b7-5+/t11-,12+/m0/s1. The van der Waals surface area contributed by atoms with Gasteiger partial charge in [0, 0.05) is 6.42 Å². The highest BCUT2D eigenvalue weighted by molar-refractivity contribution is 5.99. The van der Waals surface area contributed by atoms with Gasteiger partial charge >= 0.3 is 6.09 Å². The second-order valence-electron chi connectivity index (χ2n) is 6.31. The lowest BCUT2D eigenvalue weighted by Gasteiger charge is -2.30. The minimum atomic E-state index is -0.583. The molecular weight excluding hydrogens is 258 g/mol. The monoisotopic (exact) mass is 281 g/mol. The van der Waals surface area contributed by atoms with Crippen LogP contribution in [0.15, 0.2) is 12.2 Å². The summed E-state index contributed by atoms with van der Waals surface area (Å²) in [6.45, 7) is 8.08. The number of carbonyl (C=O) groups excluding carboxylic acids is 3. The van der Waals surface area contributed by atoms with Crippen molar-refractivity contribution in [3.8, 4) is 0 Å². The smallest absolute Gasteiger partial charge is 0.417 e. The summed E-state index contributed by atoms with van der Waals surface area (Å²) in [7, 11) is 0. The van der Waals surface area contributed by atoms with Gasteiger partial charge in [0.05, 0.1) is 6.04 Å². The van der Waals surface area contributed by atoms with E-state index in [1.54, 1.807) is 6.08 Å². The van der Waals surface area contributed by atoms with Crippen LogP contribution in [0.3, 0.4) is 0 Å². The molecule has 0 radical (unpaired) electrons. The average molecular weight is 281 g/mol. The normalized spacial score (nSPS) is 21.1. The van der Waals surface area contributed by atoms with Crippen LogP contribution >= 0.6 is 0 Å². The highest BCUT2D eigenvalue weighted by Gasteiger charge is 2.43. The highest BCUT2D eigenvalue weighted by Crippen LogP contribution is 2.29. The summed E-state index contributed by atoms with van der Waals surface area (Å²) >= 11 is 0. The number of rotatable bonds is 5. The fourth-order valence-electron chi connectivity index (χ4n) is 2.04. The molecule has 0 N–H and O–H groups in total. The van der Waals surface area contributed by atoms with Gasteiger partial charge in [0.2, 0.25) is 0 Å². The van der Waals surface area contributed by atoms with Crippen molar-refractivity contribution >= 4 is 18.3 Å². The maximum absolute atomic E-state index is 12.1. The third kappa shape index (κ3) is 4.18. The van der Waals surface area contributed by atoms with Gasteiger partial charge in [-0.05, 0) is 23.8 Å². The van der Waals surface area contributed by atoms with Gasteiger partial charge in [-0.15, -0.1) is 0 Å². The lowest BCUT2D eigenvalue weighted by atomic mass is 9.86. The number of carbonyl (C=O) groups is 3. The third-order valence-corrected chi connectivity index (χ3v) is 3.41. The molecule has 20 heavy (non-hydrogen) atoms. The molecular formula is C15H23NO4. The summed E-state index contributed by atoms with van der Waals surface area (Å²) in [5.74, 6) is -0.161. The fourth-order valence-corrected chi connectivity index (χ4v) is 2.04. The molecule has 0 bridgehead atoms. The van der Waals surface area contributed by atoms with Crippen LogP contribution in [0.25, 0.3) is 0 Å². The Bertz CT molecular complexity index is 409. The molecule has 0 spiro atoms. The molecule has 0 unspecified atom stereocenters. The zero-order valence-electron chi connectivity index (χ0n) is 12.6. The van der Waals surface area contributed by atoms with Crippen molar-refractivity contribution in [3.05, 3.63) is 12.2 Å². The van der Waals surface area contributed by atoms with Gasteiger partial charge in [0.25, 0.3) is 5.91 Å². The van der Waals surface area contributed by atoms with E-state index >= 15 is 0 Å². The lowest BCUT2D eigenvalue weighted by Crippen LogP contribution is -2.45. The van der Waals surface area contributed by atoms with Crippen LogP contribution in [0, 0.1) is 11.3 Å². The summed E-state index contributed by atoms with van der Waals surface area (Å²) in [6.07, 6.45) is 4.49. The van der Waals surface area contributed by atoms with Crippen molar-refractivity contribution in [1.29, 1.82) is 0 Å². The molecule has 0 aromatic rings. The van der Waals surface area contributed by atoms with Crippen LogP contribution < -0.4 is 0 Å². The quantitative estimate of drug-likeness (QED) is 0.574. The van der Waals surface area contributed by atoms with E-state index in [9.17, 15) is 14.4 Å². The number of ether oxygens (including phenoxy) is 1. The Morgan fingerprint density at radius 2 is 2.10 bits per heavy atom. The Hall–Kier alpha value is -1.65. The summed E-state index contributed by atoms with van der Waals surface area (Å²) in [4.78, 5) is 35.3. The van der Waals surface area contributed by atoms with Crippen LogP contribution in [0.5, 0.6) is 0 Å². The summed E-state index contributed by atoms with van der Waals surface area (Å²) in [5.41, 5.74) is -0.222. The van der Waals surface area contributed by atoms with Gasteiger partial charge in [-0.3, -0.25) is 4.79 Å². The Labute approximate surface area is 120 Å². The molecule has 1 heterocycles. The van der Waals surface area contributed by atoms with Crippen molar-refractivity contribution in [3.63, 3.8) is 0 Å². The van der Waals surface area contributed by atoms with Crippen LogP contribution in [0.4, 0.5) is 4.79 Å². The van der Waals surface area contributed by atoms with E-state index in [1.165, 1.54) is 11.0 Å². The minimum absolute atomic E-state index is 0.195. The largest absolute Gasteiger partial charge is 0.447 e. The third-order valence-electron chi connectivity index (χ3n) is 3.41. The van der Waals surface area contributed by atoms with Gasteiger partial charge < -0.3 is 9.53 Å². The molecule has 1 aliphatic heterocycles. The highest BCUT2D eigenvalue weighted by atomic mass is 16.6. The molecule has 1 rings (SSSR count). The van der Waals surface area contributed by atoms with Crippen molar-refractivity contribution in [2.75, 3.05) is 6.61 Å². The molecule has 1 aliphatic rings. The first-order valence-electron chi connectivity index (χ1n) is 6.87. The van der Waals surface area contributed by atoms with Crippen molar-refractivity contribution in [2.45, 2.75) is 46.6 Å². The van der Waals surface area contributed by atoms with Gasteiger partial charge in [-0.2, -0.15) is 0 Å². The second kappa shape index (κ2) is 6.68. The molecule has 0 aromatic carbocycles. The molecule has 1 saturated heterocycles. The van der Waals surface area contributed by atoms with Gasteiger partial charge in [-0.1, -0.05) is 33.8 Å². The Balaban J connectivity index is 2.67. The predicted molar refractivity (Wildman–Crippen MR) is 75.0 cm³/mol. The van der Waals surface area contributed by atoms with E-state index in [4.69, 9.17) is 4.74 Å².